The molecule has 42 heavy (non-hydrogen) atoms. The van der Waals surface area contributed by atoms with Gasteiger partial charge in [-0.25, -0.2) is 4.79 Å². The van der Waals surface area contributed by atoms with E-state index in [1.807, 2.05) is 50.4 Å². The van der Waals surface area contributed by atoms with Gasteiger partial charge in [-0.15, -0.1) is 0 Å². The lowest BCUT2D eigenvalue weighted by Gasteiger charge is -2.12. The number of urea groups is 1. The Kier molecular flexibility index (Phi) is 21.0. The largest absolute Gasteiger partial charge is 0.416 e. The smallest absolute Gasteiger partial charge is 0.338 e. The number of nitrogens with one attached hydrogen (secondary N) is 4. The molecule has 0 atom stereocenters. The maximum absolute atomic E-state index is 12.3. The summed E-state index contributed by atoms with van der Waals surface area (Å²) in [6, 6.07) is 13.9. The van der Waals surface area contributed by atoms with E-state index in [-0.39, 0.29) is 0 Å². The Morgan fingerprint density at radius 1 is 0.976 bits per heavy atom. The van der Waals surface area contributed by atoms with E-state index in [0.29, 0.717) is 24.7 Å². The van der Waals surface area contributed by atoms with Crippen LogP contribution in [0, 0.1) is 5.92 Å². The van der Waals surface area contributed by atoms with Crippen molar-refractivity contribution in [2.24, 2.45) is 11.7 Å². The zero-order chi connectivity index (χ0) is 31.8. The van der Waals surface area contributed by atoms with Gasteiger partial charge >= 0.3 is 12.2 Å². The van der Waals surface area contributed by atoms with Gasteiger partial charge in [-0.1, -0.05) is 69.7 Å². The third kappa shape index (κ3) is 17.9. The molecule has 0 saturated heterocycles. The second-order valence-electron chi connectivity index (χ2n) is 9.56. The molecule has 0 fully saturated rings. The average Bonchev–Trinajstić information content (AvgIpc) is 2.95. The van der Waals surface area contributed by atoms with Crippen LogP contribution >= 0.6 is 0 Å². The highest BCUT2D eigenvalue weighted by molar-refractivity contribution is 5.89. The van der Waals surface area contributed by atoms with Gasteiger partial charge in [0.1, 0.15) is 0 Å². The monoisotopic (exact) mass is 591 g/mol. The molecule has 0 aliphatic rings. The fourth-order valence-electron chi connectivity index (χ4n) is 3.45. The molecule has 0 aliphatic carbocycles. The number of carbonyl (C=O) groups is 2. The molecule has 2 aromatic rings. The van der Waals surface area contributed by atoms with Crippen LogP contribution in [0.4, 0.5) is 23.7 Å². The van der Waals surface area contributed by atoms with Crippen LogP contribution in [0.2, 0.25) is 0 Å². The van der Waals surface area contributed by atoms with Crippen molar-refractivity contribution in [1.82, 2.24) is 16.0 Å². The average molecular weight is 592 g/mol. The Morgan fingerprint density at radius 2 is 1.62 bits per heavy atom. The van der Waals surface area contributed by atoms with Gasteiger partial charge in [0.25, 0.3) is 0 Å². The minimum absolute atomic E-state index is 0.310. The summed E-state index contributed by atoms with van der Waals surface area (Å²) < 4.78 is 36.9. The highest BCUT2D eigenvalue weighted by Gasteiger charge is 2.29. The zero-order valence-electron chi connectivity index (χ0n) is 25.5. The Morgan fingerprint density at radius 3 is 2.07 bits per heavy atom. The van der Waals surface area contributed by atoms with E-state index in [0.717, 1.165) is 54.8 Å². The summed E-state index contributed by atoms with van der Waals surface area (Å²) in [6.07, 6.45) is 4.58. The van der Waals surface area contributed by atoms with Gasteiger partial charge < -0.3 is 27.0 Å². The number of alkyl halides is 3. The lowest BCUT2D eigenvalue weighted by molar-refractivity contribution is -0.137. The number of benzene rings is 2. The Hall–Kier alpha value is -3.63. The maximum atomic E-state index is 12.3. The normalized spacial score (nSPS) is 11.5. The van der Waals surface area contributed by atoms with Crippen molar-refractivity contribution in [1.29, 1.82) is 0 Å². The molecule has 0 radical (unpaired) electrons. The maximum Gasteiger partial charge on any atom is 0.416 e. The van der Waals surface area contributed by atoms with Gasteiger partial charge in [-0.05, 0) is 82.1 Å². The van der Waals surface area contributed by atoms with Crippen LogP contribution in [0.5, 0.6) is 0 Å². The van der Waals surface area contributed by atoms with E-state index in [2.05, 4.69) is 48.1 Å². The topological polar surface area (TPSA) is 108 Å². The molecular formula is C32H48F3N5O2. The standard InChI is InChI=1S/C15H19NO.C12H16F3N3O.C5H13N/c1-4-14(13-8-6-5-7-9-13)15(16-11-17)10-12(2)3;13-12(14,15)9-3-5-10(6-4-9)18-11(19)17-8-2-1-7-16;1-3-4-5-6-2/h4-12H,1-3H3,(H,16,17);3-6H,1-2,7-8,16H2,(H2,17,18,19);6H,3-5H2,1-2H3/b14-4-,15-10+;;. The van der Waals surface area contributed by atoms with E-state index in [1.165, 1.54) is 25.0 Å². The van der Waals surface area contributed by atoms with Crippen LogP contribution in [0.3, 0.4) is 0 Å². The van der Waals surface area contributed by atoms with Crippen LogP contribution < -0.4 is 27.0 Å². The van der Waals surface area contributed by atoms with Crippen LogP contribution in [-0.4, -0.2) is 39.1 Å². The number of nitrogens with two attached hydrogens (primary N) is 1. The summed E-state index contributed by atoms with van der Waals surface area (Å²) in [5.41, 5.74) is 7.88. The Labute approximate surface area is 249 Å². The summed E-state index contributed by atoms with van der Waals surface area (Å²) >= 11 is 0. The lowest BCUT2D eigenvalue weighted by Crippen LogP contribution is -2.29. The minimum Gasteiger partial charge on any atom is -0.338 e. The first-order valence-corrected chi connectivity index (χ1v) is 14.2. The van der Waals surface area contributed by atoms with Crippen molar-refractivity contribution in [2.45, 2.75) is 59.6 Å². The molecule has 0 bridgehead atoms. The molecule has 2 rings (SSSR count). The number of allylic oxidation sites excluding steroid dienone is 3. The van der Waals surface area contributed by atoms with E-state index in [1.54, 1.807) is 0 Å². The first-order valence-electron chi connectivity index (χ1n) is 14.2. The summed E-state index contributed by atoms with van der Waals surface area (Å²) in [7, 11) is 1.98. The van der Waals surface area contributed by atoms with Gasteiger partial charge in [0, 0.05) is 23.5 Å². The van der Waals surface area contributed by atoms with Crippen LogP contribution in [0.25, 0.3) is 5.57 Å². The quantitative estimate of drug-likeness (QED) is 0.0987. The number of unbranched alkanes of at least 4 members (excludes halogenated alkanes) is 2. The van der Waals surface area contributed by atoms with Crippen molar-refractivity contribution in [3.05, 3.63) is 83.6 Å². The highest BCUT2D eigenvalue weighted by Crippen LogP contribution is 2.29. The van der Waals surface area contributed by atoms with Crippen molar-refractivity contribution in [3.63, 3.8) is 0 Å². The summed E-state index contributed by atoms with van der Waals surface area (Å²) in [6.45, 7) is 10.5. The Bertz CT molecular complexity index is 1050. The number of amides is 3. The van der Waals surface area contributed by atoms with E-state index in [4.69, 9.17) is 5.73 Å². The fourth-order valence-corrected chi connectivity index (χ4v) is 3.45. The van der Waals surface area contributed by atoms with Gasteiger partial charge in [-0.3, -0.25) is 4.79 Å². The molecule has 0 heterocycles. The molecule has 3 amide bonds. The molecular weight excluding hydrogens is 543 g/mol. The van der Waals surface area contributed by atoms with Gasteiger partial charge in [0.15, 0.2) is 0 Å². The van der Waals surface area contributed by atoms with E-state index in [9.17, 15) is 22.8 Å². The van der Waals surface area contributed by atoms with Crippen LogP contribution in [-0.2, 0) is 11.0 Å². The van der Waals surface area contributed by atoms with Crippen molar-refractivity contribution in [3.8, 4) is 0 Å². The molecule has 0 spiro atoms. The molecule has 0 saturated carbocycles. The van der Waals surface area contributed by atoms with Crippen LogP contribution in [0.15, 0.2) is 72.4 Å². The number of halogens is 3. The number of hydrogen-bond donors (Lipinski definition) is 5. The lowest BCUT2D eigenvalue weighted by atomic mass is 10.00. The Balaban J connectivity index is 0.000000674. The molecule has 0 unspecified atom stereocenters. The summed E-state index contributed by atoms with van der Waals surface area (Å²) in [5.74, 6) is 0.385. The van der Waals surface area contributed by atoms with Gasteiger partial charge in [-0.2, -0.15) is 13.2 Å². The number of carbonyl (C=O) groups excluding carboxylic acids is 2. The van der Waals surface area contributed by atoms with Crippen LogP contribution in [0.1, 0.15) is 64.5 Å². The first-order chi connectivity index (χ1) is 20.0. The van der Waals surface area contributed by atoms with E-state index < -0.39 is 17.8 Å². The molecule has 10 heteroatoms. The third-order valence-corrected chi connectivity index (χ3v) is 5.54. The minimum atomic E-state index is -4.37. The fraction of sp³-hybridized carbons (Fsp3) is 0.438. The number of rotatable bonds is 13. The first kappa shape index (κ1) is 38.4. The SMILES string of the molecule is C/C=C(\C(=C/C(C)C)NC=O)c1ccccc1.CCCCNC.NCCCCNC(=O)Nc1ccc(C(F)(F)F)cc1. The molecule has 0 aromatic heterocycles. The van der Waals surface area contributed by atoms with Gasteiger partial charge in [0.05, 0.1) is 5.56 Å². The van der Waals surface area contributed by atoms with Crippen molar-refractivity contribution < 1.29 is 22.8 Å². The molecule has 7 nitrogen and oxygen atoms in total. The predicted molar refractivity (Wildman–Crippen MR) is 168 cm³/mol. The zero-order valence-corrected chi connectivity index (χ0v) is 25.5. The van der Waals surface area contributed by atoms with Crippen molar-refractivity contribution >= 4 is 23.7 Å². The molecule has 2 aromatic carbocycles. The summed E-state index contributed by atoms with van der Waals surface area (Å²) in [5, 5.41) is 10.9. The molecule has 0 aliphatic heterocycles. The second-order valence-corrected chi connectivity index (χ2v) is 9.56. The predicted octanol–water partition coefficient (Wildman–Crippen LogP) is 6.95. The number of hydrogen-bond acceptors (Lipinski definition) is 4. The molecule has 6 N–H and O–H groups in total. The van der Waals surface area contributed by atoms with Crippen molar-refractivity contribution in [2.75, 3.05) is 32.0 Å². The summed E-state index contributed by atoms with van der Waals surface area (Å²) in [4.78, 5) is 22.1. The highest BCUT2D eigenvalue weighted by atomic mass is 19.4. The second kappa shape index (κ2) is 23.0. The third-order valence-electron chi connectivity index (χ3n) is 5.54. The molecule has 234 valence electrons. The van der Waals surface area contributed by atoms with E-state index >= 15 is 0 Å². The van der Waals surface area contributed by atoms with Gasteiger partial charge in [0.2, 0.25) is 6.41 Å². The number of anilines is 1.